The molecule has 0 unspecified atom stereocenters. The maximum absolute atomic E-state index is 11.2. The molecule has 0 aliphatic rings. The number of carbonyl (C=O) groups excluding carboxylic acids is 1. The van der Waals surface area contributed by atoms with Crippen molar-refractivity contribution in [3.63, 3.8) is 0 Å². The Balaban J connectivity index is 2.40. The number of nitriles is 1. The summed E-state index contributed by atoms with van der Waals surface area (Å²) >= 11 is 0. The Bertz CT molecular complexity index is 403. The van der Waals surface area contributed by atoms with Crippen LogP contribution in [-0.2, 0) is 4.79 Å². The van der Waals surface area contributed by atoms with Crippen molar-refractivity contribution in [3.8, 4) is 6.07 Å². The molecule has 1 amide bonds. The third kappa shape index (κ3) is 3.84. The molecule has 4 heteroatoms. The highest BCUT2D eigenvalue weighted by Gasteiger charge is 1.98. The molecule has 4 nitrogen and oxygen atoms in total. The van der Waals surface area contributed by atoms with E-state index in [1.807, 2.05) is 6.07 Å². The average molecular weight is 215 g/mol. The van der Waals surface area contributed by atoms with Crippen LogP contribution in [0.2, 0.25) is 0 Å². The predicted octanol–water partition coefficient (Wildman–Crippen LogP) is 1.27. The number of benzene rings is 1. The minimum Gasteiger partial charge on any atom is -0.376 e. The highest BCUT2D eigenvalue weighted by Crippen LogP contribution is 2.07. The summed E-state index contributed by atoms with van der Waals surface area (Å²) in [6.07, 6.45) is 1.62. The van der Waals surface area contributed by atoms with Gasteiger partial charge in [0.1, 0.15) is 0 Å². The van der Waals surface area contributed by atoms with E-state index in [0.717, 1.165) is 5.69 Å². The largest absolute Gasteiger partial charge is 0.376 e. The van der Waals surface area contributed by atoms with Gasteiger partial charge in [0.05, 0.1) is 18.2 Å². The van der Waals surface area contributed by atoms with Crippen molar-refractivity contribution in [1.82, 2.24) is 5.32 Å². The van der Waals surface area contributed by atoms with Gasteiger partial charge in [0.2, 0.25) is 5.91 Å². The molecule has 0 atom stereocenters. The lowest BCUT2D eigenvalue weighted by atomic mass is 10.2. The number of hydrogen-bond donors (Lipinski definition) is 2. The zero-order valence-electron chi connectivity index (χ0n) is 8.86. The van der Waals surface area contributed by atoms with E-state index in [2.05, 4.69) is 17.2 Å². The first kappa shape index (κ1) is 11.8. The molecule has 0 radical (unpaired) electrons. The molecule has 2 N–H and O–H groups in total. The minimum absolute atomic E-state index is 0.0933. The second-order valence-corrected chi connectivity index (χ2v) is 3.14. The van der Waals surface area contributed by atoms with E-state index in [1.54, 1.807) is 30.3 Å². The lowest BCUT2D eigenvalue weighted by Gasteiger charge is -2.06. The first-order chi connectivity index (χ1) is 7.76. The average Bonchev–Trinajstić information content (AvgIpc) is 2.34. The molecule has 0 saturated heterocycles. The third-order valence-electron chi connectivity index (χ3n) is 1.91. The first-order valence-corrected chi connectivity index (χ1v) is 4.88. The van der Waals surface area contributed by atoms with Crippen molar-refractivity contribution in [1.29, 1.82) is 5.26 Å². The fraction of sp³-hybridized carbons (Fsp3) is 0.167. The first-order valence-electron chi connectivity index (χ1n) is 4.88. The number of hydrogen-bond acceptors (Lipinski definition) is 3. The van der Waals surface area contributed by atoms with Gasteiger partial charge in [0.25, 0.3) is 0 Å². The van der Waals surface area contributed by atoms with E-state index in [-0.39, 0.29) is 12.5 Å². The summed E-state index contributed by atoms with van der Waals surface area (Å²) in [5, 5.41) is 14.2. The molecular formula is C12H13N3O. The molecular weight excluding hydrogens is 202 g/mol. The Kier molecular flexibility index (Phi) is 4.61. The molecule has 0 heterocycles. The molecule has 1 aromatic carbocycles. The van der Waals surface area contributed by atoms with Gasteiger partial charge in [-0.05, 0) is 24.3 Å². The summed E-state index contributed by atoms with van der Waals surface area (Å²) in [6.45, 7) is 4.18. The Morgan fingerprint density at radius 3 is 2.69 bits per heavy atom. The topological polar surface area (TPSA) is 64.9 Å². The Labute approximate surface area is 94.6 Å². The van der Waals surface area contributed by atoms with Gasteiger partial charge >= 0.3 is 0 Å². The molecule has 1 aromatic rings. The van der Waals surface area contributed by atoms with Crippen LogP contribution in [0.5, 0.6) is 0 Å². The van der Waals surface area contributed by atoms with Crippen molar-refractivity contribution in [2.75, 3.05) is 18.4 Å². The molecule has 0 aliphatic heterocycles. The van der Waals surface area contributed by atoms with Crippen molar-refractivity contribution >= 4 is 11.6 Å². The number of nitrogens with one attached hydrogen (secondary N) is 2. The second-order valence-electron chi connectivity index (χ2n) is 3.14. The van der Waals surface area contributed by atoms with Crippen LogP contribution in [0.3, 0.4) is 0 Å². The lowest BCUT2D eigenvalue weighted by molar-refractivity contribution is -0.119. The van der Waals surface area contributed by atoms with Crippen molar-refractivity contribution in [3.05, 3.63) is 42.5 Å². The van der Waals surface area contributed by atoms with Crippen LogP contribution in [0.25, 0.3) is 0 Å². The summed E-state index contributed by atoms with van der Waals surface area (Å²) in [7, 11) is 0. The monoisotopic (exact) mass is 215 g/mol. The maximum atomic E-state index is 11.2. The fourth-order valence-corrected chi connectivity index (χ4v) is 1.09. The normalized spacial score (nSPS) is 8.94. The van der Waals surface area contributed by atoms with Gasteiger partial charge in [-0.3, -0.25) is 4.79 Å². The summed E-state index contributed by atoms with van der Waals surface area (Å²) in [5.74, 6) is -0.0933. The van der Waals surface area contributed by atoms with Crippen LogP contribution in [0, 0.1) is 11.3 Å². The van der Waals surface area contributed by atoms with Crippen LogP contribution in [-0.4, -0.2) is 19.0 Å². The van der Waals surface area contributed by atoms with Crippen LogP contribution < -0.4 is 10.6 Å². The molecule has 0 spiro atoms. The number of rotatable bonds is 5. The number of anilines is 1. The number of carbonyl (C=O) groups is 1. The number of amides is 1. The van der Waals surface area contributed by atoms with Gasteiger partial charge in [0, 0.05) is 12.2 Å². The van der Waals surface area contributed by atoms with Gasteiger partial charge in [-0.25, -0.2) is 0 Å². The van der Waals surface area contributed by atoms with Gasteiger partial charge in [-0.1, -0.05) is 6.08 Å². The minimum atomic E-state index is -0.0933. The predicted molar refractivity (Wildman–Crippen MR) is 62.9 cm³/mol. The summed E-state index contributed by atoms with van der Waals surface area (Å²) in [4.78, 5) is 11.2. The standard InChI is InChI=1S/C12H13N3O/c1-2-7-14-12(16)9-15-11-5-3-10(8-13)4-6-11/h2-6,15H,1,7,9H2,(H,14,16). The molecule has 0 aromatic heterocycles. The molecule has 1 rings (SSSR count). The smallest absolute Gasteiger partial charge is 0.239 e. The van der Waals surface area contributed by atoms with Gasteiger partial charge in [0.15, 0.2) is 0 Å². The molecule has 0 aliphatic carbocycles. The van der Waals surface area contributed by atoms with Crippen molar-refractivity contribution < 1.29 is 4.79 Å². The van der Waals surface area contributed by atoms with Crippen molar-refractivity contribution in [2.45, 2.75) is 0 Å². The lowest BCUT2D eigenvalue weighted by Crippen LogP contribution is -2.29. The second kappa shape index (κ2) is 6.25. The zero-order chi connectivity index (χ0) is 11.8. The maximum Gasteiger partial charge on any atom is 0.239 e. The summed E-state index contributed by atoms with van der Waals surface area (Å²) in [5.41, 5.74) is 1.41. The van der Waals surface area contributed by atoms with E-state index >= 15 is 0 Å². The van der Waals surface area contributed by atoms with Crippen LogP contribution in [0.1, 0.15) is 5.56 Å². The highest BCUT2D eigenvalue weighted by atomic mass is 16.1. The molecule has 0 bridgehead atoms. The zero-order valence-corrected chi connectivity index (χ0v) is 8.86. The SMILES string of the molecule is C=CCNC(=O)CNc1ccc(C#N)cc1. The molecule has 0 fully saturated rings. The van der Waals surface area contributed by atoms with E-state index in [1.165, 1.54) is 0 Å². The Morgan fingerprint density at radius 2 is 2.12 bits per heavy atom. The third-order valence-corrected chi connectivity index (χ3v) is 1.91. The van der Waals surface area contributed by atoms with Gasteiger partial charge in [-0.15, -0.1) is 6.58 Å². The molecule has 16 heavy (non-hydrogen) atoms. The van der Waals surface area contributed by atoms with Crippen LogP contribution in [0.15, 0.2) is 36.9 Å². The van der Waals surface area contributed by atoms with Crippen molar-refractivity contribution in [2.24, 2.45) is 0 Å². The molecule has 82 valence electrons. The van der Waals surface area contributed by atoms with Gasteiger partial charge in [-0.2, -0.15) is 5.26 Å². The fourth-order valence-electron chi connectivity index (χ4n) is 1.09. The number of nitrogens with zero attached hydrogens (tertiary/aromatic N) is 1. The highest BCUT2D eigenvalue weighted by molar-refractivity contribution is 5.80. The summed E-state index contributed by atoms with van der Waals surface area (Å²) in [6, 6.07) is 8.95. The van der Waals surface area contributed by atoms with E-state index in [9.17, 15) is 4.79 Å². The van der Waals surface area contributed by atoms with E-state index < -0.39 is 0 Å². The van der Waals surface area contributed by atoms with E-state index in [0.29, 0.717) is 12.1 Å². The van der Waals surface area contributed by atoms with E-state index in [4.69, 9.17) is 5.26 Å². The quantitative estimate of drug-likeness (QED) is 0.727. The van der Waals surface area contributed by atoms with Gasteiger partial charge < -0.3 is 10.6 Å². The van der Waals surface area contributed by atoms with Crippen LogP contribution in [0.4, 0.5) is 5.69 Å². The van der Waals surface area contributed by atoms with Crippen LogP contribution >= 0.6 is 0 Å². The Morgan fingerprint density at radius 1 is 1.44 bits per heavy atom. The molecule has 0 saturated carbocycles. The summed E-state index contributed by atoms with van der Waals surface area (Å²) < 4.78 is 0. The Hall–Kier alpha value is -2.28.